The van der Waals surface area contributed by atoms with Gasteiger partial charge in [-0.05, 0) is 13.8 Å². The summed E-state index contributed by atoms with van der Waals surface area (Å²) in [6.45, 7) is 42.1. The van der Waals surface area contributed by atoms with Crippen molar-refractivity contribution in [2.24, 2.45) is 0 Å². The van der Waals surface area contributed by atoms with Crippen molar-refractivity contribution in [2.45, 2.75) is 19.4 Å². The Balaban J connectivity index is -0.00000000775. The Bertz CT molecular complexity index is 198. The molecule has 0 bridgehead atoms. The van der Waals surface area contributed by atoms with Crippen LogP contribution in [0.1, 0.15) is 13.8 Å². The molecule has 0 aliphatic heterocycles. The number of rotatable bonds is 0. The van der Waals surface area contributed by atoms with Gasteiger partial charge in [0.05, 0.1) is 0 Å². The third-order valence-corrected chi connectivity index (χ3v) is 0.353. The van der Waals surface area contributed by atoms with E-state index < -0.39 is 5.60 Å². The molecule has 0 heterocycles. The zero-order chi connectivity index (χ0) is 29.2. The molecule has 0 saturated heterocycles. The molecule has 0 aliphatic rings. The van der Waals surface area contributed by atoms with Crippen LogP contribution in [0, 0.1) is 12.3 Å². The van der Waals surface area contributed by atoms with Gasteiger partial charge in [0.25, 0.3) is 0 Å². The summed E-state index contributed by atoms with van der Waals surface area (Å²) in [4.78, 5) is 93.0. The summed E-state index contributed by atoms with van der Waals surface area (Å²) in [5.41, 5.74) is -0.931. The van der Waals surface area contributed by atoms with Crippen LogP contribution >= 0.6 is 0 Å². The van der Waals surface area contributed by atoms with Gasteiger partial charge in [0.1, 0.15) is 5.60 Å². The van der Waals surface area contributed by atoms with Crippen LogP contribution in [0.3, 0.4) is 0 Å². The summed E-state index contributed by atoms with van der Waals surface area (Å²) in [7, 11) is 0. The molecular formula is C17H20Co2O13-12. The first-order valence-electron chi connectivity index (χ1n) is 4.59. The van der Waals surface area contributed by atoms with Gasteiger partial charge < -0.3 is 62.6 Å². The molecule has 13 nitrogen and oxygen atoms in total. The second-order valence-corrected chi connectivity index (χ2v) is 1.70. The smallest absolute Gasteiger partial charge is 0.119 e. The molecule has 0 aromatic rings. The van der Waals surface area contributed by atoms with Crippen LogP contribution in [-0.4, -0.2) is 92.2 Å². The molecule has 0 atom stereocenters. The van der Waals surface area contributed by atoms with E-state index >= 15 is 0 Å². The van der Waals surface area contributed by atoms with Crippen molar-refractivity contribution in [3.05, 3.63) is 0 Å². The van der Waals surface area contributed by atoms with Crippen molar-refractivity contribution in [3.8, 4) is 12.3 Å². The fourth-order valence-corrected chi connectivity index (χ4v) is 0. The largest absolute Gasteiger partial charge is 0.545 e. The Hall–Kier alpha value is -3.43. The molecule has 0 amide bonds. The number of hydrogen-bond acceptors (Lipinski definition) is 13. The van der Waals surface area contributed by atoms with Gasteiger partial charge in [0.2, 0.25) is 0 Å². The van der Waals surface area contributed by atoms with Crippen molar-refractivity contribution >= 4 is 81.5 Å². The maximum atomic E-state index is 8.59. The van der Waals surface area contributed by atoms with Crippen molar-refractivity contribution in [1.82, 2.24) is 0 Å². The maximum absolute atomic E-state index is 8.59. The molecule has 0 rings (SSSR count). The third-order valence-electron chi connectivity index (χ3n) is 0.353. The standard InChI is InChI=1S/C5H8O.12CHO.2Co/c1-4-5(2,3)6;12*1-2;;/h1,6H,2-3H3;12*1H;;/q;12*-1;;. The first-order valence-corrected chi connectivity index (χ1v) is 4.59. The van der Waals surface area contributed by atoms with Crippen LogP contribution in [0.2, 0.25) is 0 Å². The number of aliphatic hydroxyl groups is 1. The van der Waals surface area contributed by atoms with Crippen LogP contribution < -0.4 is 0 Å². The monoisotopic (exact) mass is 550 g/mol. The normalized spacial score (nSPS) is 3.44. The molecule has 0 unspecified atom stereocenters. The van der Waals surface area contributed by atoms with E-state index in [1.165, 1.54) is 0 Å². The number of carbonyl (C=O) groups excluding carboxylic acids is 12. The summed E-state index contributed by atoms with van der Waals surface area (Å²) in [6, 6.07) is 0. The second kappa shape index (κ2) is 1530. The van der Waals surface area contributed by atoms with E-state index in [0.29, 0.717) is 0 Å². The van der Waals surface area contributed by atoms with Crippen LogP contribution in [0.15, 0.2) is 0 Å². The van der Waals surface area contributed by atoms with E-state index in [-0.39, 0.29) is 33.6 Å². The van der Waals surface area contributed by atoms with Crippen LogP contribution in [-0.2, 0) is 91.1 Å². The van der Waals surface area contributed by atoms with E-state index in [9.17, 15) is 0 Å². The molecule has 2 radical (unpaired) electrons. The molecule has 1 N–H and O–H groups in total. The van der Waals surface area contributed by atoms with Gasteiger partial charge >= 0.3 is 0 Å². The zero-order valence-electron chi connectivity index (χ0n) is 16.5. The molecule has 196 valence electrons. The van der Waals surface area contributed by atoms with Crippen LogP contribution in [0.25, 0.3) is 0 Å². The van der Waals surface area contributed by atoms with Gasteiger partial charge in [-0.25, -0.2) is 0 Å². The maximum Gasteiger partial charge on any atom is 0.119 e. The van der Waals surface area contributed by atoms with E-state index in [0.717, 1.165) is 0 Å². The predicted molar refractivity (Wildman–Crippen MR) is 106 cm³/mol. The molecule has 0 aromatic heterocycles. The summed E-state index contributed by atoms with van der Waals surface area (Å²) in [5, 5.41) is 8.59. The van der Waals surface area contributed by atoms with Gasteiger partial charge in [0.15, 0.2) is 0 Å². The number of terminal acetylenes is 1. The Morgan fingerprint density at radius 1 is 0.438 bits per heavy atom. The Labute approximate surface area is 209 Å². The van der Waals surface area contributed by atoms with Crippen molar-refractivity contribution < 1.29 is 96.2 Å². The fourth-order valence-electron chi connectivity index (χ4n) is 0. The average molecular weight is 550 g/mol. The second-order valence-electron chi connectivity index (χ2n) is 1.70. The zero-order valence-corrected chi connectivity index (χ0v) is 18.6. The van der Waals surface area contributed by atoms with Crippen molar-refractivity contribution in [2.75, 3.05) is 0 Å². The van der Waals surface area contributed by atoms with Gasteiger partial charge in [0, 0.05) is 33.6 Å². The molecule has 15 heteroatoms. The molecule has 0 saturated carbocycles. The minimum absolute atomic E-state index is 0. The van der Waals surface area contributed by atoms with E-state index in [1.54, 1.807) is 13.8 Å². The van der Waals surface area contributed by atoms with Crippen molar-refractivity contribution in [3.63, 3.8) is 0 Å². The molecule has 32 heavy (non-hydrogen) atoms. The molecule has 0 aliphatic carbocycles. The Kier molecular flexibility index (Phi) is 5620. The summed E-state index contributed by atoms with van der Waals surface area (Å²) < 4.78 is 0. The summed E-state index contributed by atoms with van der Waals surface area (Å²) in [5.74, 6) is 2.16. The molecule has 0 fully saturated rings. The average Bonchev–Trinajstić information content (AvgIpc) is 2.93. The van der Waals surface area contributed by atoms with E-state index in [4.69, 9.17) is 69.1 Å². The topological polar surface area (TPSA) is 225 Å². The molecule has 0 aromatic carbocycles. The first-order chi connectivity index (χ1) is 14.6. The summed E-state index contributed by atoms with van der Waals surface area (Å²) in [6.07, 6.45) is 4.81. The van der Waals surface area contributed by atoms with E-state index in [1.807, 2.05) is 0 Å². The number of hydrogen-bond donors (Lipinski definition) is 1. The predicted octanol–water partition coefficient (Wildman–Crippen LogP) is -2.90. The van der Waals surface area contributed by atoms with Gasteiger partial charge in [-0.1, -0.05) is 5.92 Å². The van der Waals surface area contributed by atoms with Gasteiger partial charge in [-0.2, -0.15) is 0 Å². The van der Waals surface area contributed by atoms with Gasteiger partial charge in [-0.3, -0.25) is 81.5 Å². The van der Waals surface area contributed by atoms with Crippen LogP contribution in [0.4, 0.5) is 0 Å². The summed E-state index contributed by atoms with van der Waals surface area (Å²) >= 11 is 0. The van der Waals surface area contributed by atoms with Crippen LogP contribution in [0.5, 0.6) is 0 Å². The molecular weight excluding hydrogens is 530 g/mol. The van der Waals surface area contributed by atoms with E-state index in [2.05, 4.69) is 87.4 Å². The minimum Gasteiger partial charge on any atom is -0.545 e. The Morgan fingerprint density at radius 2 is 0.469 bits per heavy atom. The molecule has 0 spiro atoms. The Morgan fingerprint density at radius 3 is 0.469 bits per heavy atom. The van der Waals surface area contributed by atoms with Crippen molar-refractivity contribution in [1.29, 1.82) is 0 Å². The fraction of sp³-hybridized carbons (Fsp3) is 0.176. The first kappa shape index (κ1) is 118. The third kappa shape index (κ3) is 95300. The minimum atomic E-state index is -0.931. The van der Waals surface area contributed by atoms with Gasteiger partial charge in [-0.15, -0.1) is 6.42 Å². The quantitative estimate of drug-likeness (QED) is 0.182. The SMILES string of the molecule is C#CC(C)(C)O.[CH-]=O.[CH-]=O.[CH-]=O.[CH-]=O.[CH-]=O.[CH-]=O.[CH-]=O.[CH-]=O.[CH-]=O.[CH-]=O.[CH-]=O.[CH-]=O.[Co].[Co].